The number of nitrogens with zero attached hydrogens (tertiary/aromatic N) is 2. The van der Waals surface area contributed by atoms with E-state index in [1.807, 2.05) is 35.9 Å². The second-order valence-electron chi connectivity index (χ2n) is 4.80. The number of hydrogen-bond donors (Lipinski definition) is 1. The number of benzene rings is 1. The fraction of sp³-hybridized carbons (Fsp3) is 0.333. The van der Waals surface area contributed by atoms with E-state index in [1.54, 1.807) is 0 Å². The Kier molecular flexibility index (Phi) is 5.36. The van der Waals surface area contributed by atoms with Crippen LogP contribution in [0.5, 0.6) is 5.75 Å². The first-order chi connectivity index (χ1) is 9.99. The Balaban J connectivity index is 1.86. The van der Waals surface area contributed by atoms with Crippen LogP contribution in [0.25, 0.3) is 0 Å². The second kappa shape index (κ2) is 7.04. The Morgan fingerprint density at radius 1 is 1.43 bits per heavy atom. The van der Waals surface area contributed by atoms with E-state index in [-0.39, 0.29) is 0 Å². The number of ether oxygens (including phenoxy) is 1. The van der Waals surface area contributed by atoms with E-state index in [1.165, 1.54) is 0 Å². The third-order valence-electron chi connectivity index (χ3n) is 3.19. The Labute approximate surface area is 138 Å². The number of halogens is 1. The van der Waals surface area contributed by atoms with Crippen molar-refractivity contribution in [2.75, 3.05) is 6.61 Å². The normalized spacial score (nSPS) is 10.6. The van der Waals surface area contributed by atoms with Crippen LogP contribution in [0, 0.1) is 13.8 Å². The van der Waals surface area contributed by atoms with Gasteiger partial charge in [0.2, 0.25) is 0 Å². The molecule has 1 heterocycles. The van der Waals surface area contributed by atoms with Gasteiger partial charge in [-0.1, -0.05) is 24.4 Å². The van der Waals surface area contributed by atoms with Crippen molar-refractivity contribution in [3.8, 4) is 5.75 Å². The largest absolute Gasteiger partial charge is 0.494 e. The molecule has 0 fully saturated rings. The highest BCUT2D eigenvalue weighted by molar-refractivity contribution is 9.10. The fourth-order valence-electron chi connectivity index (χ4n) is 2.04. The summed E-state index contributed by atoms with van der Waals surface area (Å²) in [5.41, 5.74) is 8.58. The highest BCUT2D eigenvalue weighted by atomic mass is 79.9. The van der Waals surface area contributed by atoms with Crippen molar-refractivity contribution in [3.05, 3.63) is 45.7 Å². The monoisotopic (exact) mass is 367 g/mol. The quantitative estimate of drug-likeness (QED) is 0.628. The maximum atomic E-state index is 5.73. The molecule has 0 atom stereocenters. The standard InChI is InChI=1S/C15H18BrN3OS/c1-10-14(16)11(2)19(18-10)7-4-8-20-13-6-3-5-12(9-13)15(17)21/h3,5-6,9H,4,7-8H2,1-2H3,(H2,17,21). The molecule has 0 amide bonds. The van der Waals surface area contributed by atoms with E-state index in [9.17, 15) is 0 Å². The van der Waals surface area contributed by atoms with Crippen LogP contribution in [-0.4, -0.2) is 21.4 Å². The number of hydrogen-bond acceptors (Lipinski definition) is 3. The highest BCUT2D eigenvalue weighted by Crippen LogP contribution is 2.20. The van der Waals surface area contributed by atoms with E-state index in [0.717, 1.165) is 40.1 Å². The third-order valence-corrected chi connectivity index (χ3v) is 4.58. The molecule has 0 unspecified atom stereocenters. The van der Waals surface area contributed by atoms with Gasteiger partial charge in [0.1, 0.15) is 10.7 Å². The van der Waals surface area contributed by atoms with E-state index >= 15 is 0 Å². The minimum Gasteiger partial charge on any atom is -0.494 e. The smallest absolute Gasteiger partial charge is 0.119 e. The lowest BCUT2D eigenvalue weighted by Crippen LogP contribution is -2.10. The lowest BCUT2D eigenvalue weighted by Gasteiger charge is -2.08. The van der Waals surface area contributed by atoms with Gasteiger partial charge in [-0.15, -0.1) is 0 Å². The van der Waals surface area contributed by atoms with Gasteiger partial charge < -0.3 is 10.5 Å². The Morgan fingerprint density at radius 3 is 2.81 bits per heavy atom. The highest BCUT2D eigenvalue weighted by Gasteiger charge is 2.08. The molecule has 21 heavy (non-hydrogen) atoms. The van der Waals surface area contributed by atoms with E-state index in [4.69, 9.17) is 22.7 Å². The predicted octanol–water partition coefficient (Wildman–Crippen LogP) is 3.37. The number of nitrogens with two attached hydrogens (primary N) is 1. The van der Waals surface area contributed by atoms with Crippen molar-refractivity contribution < 1.29 is 4.74 Å². The summed E-state index contributed by atoms with van der Waals surface area (Å²) in [6.07, 6.45) is 0.881. The third kappa shape index (κ3) is 4.04. The molecule has 0 saturated carbocycles. The van der Waals surface area contributed by atoms with E-state index < -0.39 is 0 Å². The van der Waals surface area contributed by atoms with Crippen molar-refractivity contribution in [1.29, 1.82) is 0 Å². The molecule has 6 heteroatoms. The van der Waals surface area contributed by atoms with Crippen molar-refractivity contribution in [3.63, 3.8) is 0 Å². The fourth-order valence-corrected chi connectivity index (χ4v) is 2.45. The average molecular weight is 368 g/mol. The zero-order valence-electron chi connectivity index (χ0n) is 12.1. The van der Waals surface area contributed by atoms with Crippen LogP contribution >= 0.6 is 28.1 Å². The summed E-state index contributed by atoms with van der Waals surface area (Å²) in [6.45, 7) is 5.49. The van der Waals surface area contributed by atoms with Gasteiger partial charge in [0.25, 0.3) is 0 Å². The molecule has 0 aliphatic carbocycles. The molecule has 0 saturated heterocycles. The van der Waals surface area contributed by atoms with Crippen LogP contribution in [0.3, 0.4) is 0 Å². The van der Waals surface area contributed by atoms with Crippen molar-refractivity contribution >= 4 is 33.1 Å². The molecule has 1 aromatic heterocycles. The van der Waals surface area contributed by atoms with Crippen molar-refractivity contribution in [2.24, 2.45) is 5.73 Å². The van der Waals surface area contributed by atoms with Gasteiger partial charge in [-0.2, -0.15) is 5.10 Å². The molecule has 4 nitrogen and oxygen atoms in total. The Morgan fingerprint density at radius 2 is 2.19 bits per heavy atom. The van der Waals surface area contributed by atoms with Crippen molar-refractivity contribution in [2.45, 2.75) is 26.8 Å². The molecule has 2 aromatic rings. The van der Waals surface area contributed by atoms with Gasteiger partial charge in [0.05, 0.1) is 16.8 Å². The van der Waals surface area contributed by atoms with Gasteiger partial charge in [0.15, 0.2) is 0 Å². The first kappa shape index (κ1) is 16.0. The molecular formula is C15H18BrN3OS. The van der Waals surface area contributed by atoms with Crippen LogP contribution in [0.15, 0.2) is 28.7 Å². The summed E-state index contributed by atoms with van der Waals surface area (Å²) in [7, 11) is 0. The molecule has 2 rings (SSSR count). The first-order valence-electron chi connectivity index (χ1n) is 6.71. The van der Waals surface area contributed by atoms with E-state index in [0.29, 0.717) is 11.6 Å². The Hall–Kier alpha value is -1.40. The summed E-state index contributed by atoms with van der Waals surface area (Å²) in [5.74, 6) is 0.787. The minimum absolute atomic E-state index is 0.382. The topological polar surface area (TPSA) is 53.1 Å². The summed E-state index contributed by atoms with van der Waals surface area (Å²) >= 11 is 8.48. The van der Waals surface area contributed by atoms with Gasteiger partial charge in [0, 0.05) is 24.2 Å². The molecular weight excluding hydrogens is 350 g/mol. The summed E-state index contributed by atoms with van der Waals surface area (Å²) < 4.78 is 8.80. The second-order valence-corrected chi connectivity index (χ2v) is 6.03. The lowest BCUT2D eigenvalue weighted by atomic mass is 10.2. The maximum Gasteiger partial charge on any atom is 0.119 e. The maximum absolute atomic E-state index is 5.73. The van der Waals surface area contributed by atoms with Gasteiger partial charge >= 0.3 is 0 Å². The number of rotatable bonds is 6. The number of aryl methyl sites for hydroxylation is 2. The molecule has 1 aromatic carbocycles. The first-order valence-corrected chi connectivity index (χ1v) is 7.91. The van der Waals surface area contributed by atoms with Gasteiger partial charge in [-0.05, 0) is 41.9 Å². The molecule has 2 N–H and O–H groups in total. The lowest BCUT2D eigenvalue weighted by molar-refractivity contribution is 0.298. The summed E-state index contributed by atoms with van der Waals surface area (Å²) in [4.78, 5) is 0.382. The van der Waals surface area contributed by atoms with Crippen LogP contribution < -0.4 is 10.5 Å². The van der Waals surface area contributed by atoms with Crippen LogP contribution in [0.1, 0.15) is 23.4 Å². The van der Waals surface area contributed by atoms with Crippen LogP contribution in [0.4, 0.5) is 0 Å². The number of thiocarbonyl (C=S) groups is 1. The van der Waals surface area contributed by atoms with Gasteiger partial charge in [-0.25, -0.2) is 0 Å². The average Bonchev–Trinajstić information content (AvgIpc) is 2.71. The number of aromatic nitrogens is 2. The summed E-state index contributed by atoms with van der Waals surface area (Å²) in [6, 6.07) is 7.54. The minimum atomic E-state index is 0.382. The zero-order chi connectivity index (χ0) is 15.4. The van der Waals surface area contributed by atoms with Crippen LogP contribution in [-0.2, 0) is 6.54 Å². The van der Waals surface area contributed by atoms with Crippen molar-refractivity contribution in [1.82, 2.24) is 9.78 Å². The summed E-state index contributed by atoms with van der Waals surface area (Å²) in [5, 5.41) is 4.47. The SMILES string of the molecule is Cc1nn(CCCOc2cccc(C(N)=S)c2)c(C)c1Br. The Bertz CT molecular complexity index is 654. The molecule has 112 valence electrons. The van der Waals surface area contributed by atoms with E-state index in [2.05, 4.69) is 28.0 Å². The van der Waals surface area contributed by atoms with Crippen LogP contribution in [0.2, 0.25) is 0 Å². The zero-order valence-corrected chi connectivity index (χ0v) is 14.5. The molecule has 0 radical (unpaired) electrons. The van der Waals surface area contributed by atoms with Gasteiger partial charge in [-0.3, -0.25) is 4.68 Å². The molecule has 0 aliphatic heterocycles. The molecule has 0 aliphatic rings. The molecule has 0 bridgehead atoms. The predicted molar refractivity (Wildman–Crippen MR) is 91.8 cm³/mol. The molecule has 0 spiro atoms.